The van der Waals surface area contributed by atoms with E-state index in [-0.39, 0.29) is 5.41 Å². The molecule has 0 spiro atoms. The second-order valence-corrected chi connectivity index (χ2v) is 6.82. The van der Waals surface area contributed by atoms with Gasteiger partial charge in [-0.2, -0.15) is 0 Å². The molecule has 0 saturated carbocycles. The van der Waals surface area contributed by atoms with Crippen LogP contribution in [0.15, 0.2) is 0 Å². The van der Waals surface area contributed by atoms with Gasteiger partial charge in [0.1, 0.15) is 16.8 Å². The maximum atomic E-state index is 6.18. The van der Waals surface area contributed by atoms with E-state index in [2.05, 4.69) is 49.9 Å². The molecule has 0 aliphatic rings. The zero-order valence-corrected chi connectivity index (χ0v) is 14.1. The van der Waals surface area contributed by atoms with E-state index in [1.807, 2.05) is 6.92 Å². The molecule has 114 valence electrons. The molecule has 0 bridgehead atoms. The Morgan fingerprint density at radius 3 is 2.45 bits per heavy atom. The summed E-state index contributed by atoms with van der Waals surface area (Å²) in [4.78, 5) is 8.93. The minimum absolute atomic E-state index is 0.123. The molecule has 5 heteroatoms. The van der Waals surface area contributed by atoms with E-state index in [0.29, 0.717) is 24.2 Å². The summed E-state index contributed by atoms with van der Waals surface area (Å²) in [6, 6.07) is 0. The maximum absolute atomic E-state index is 6.18. The number of anilines is 1. The Balaban J connectivity index is 2.67. The van der Waals surface area contributed by atoms with Gasteiger partial charge >= 0.3 is 0 Å². The number of ether oxygens (including phenoxy) is 1. The van der Waals surface area contributed by atoms with Gasteiger partial charge in [-0.05, 0) is 12.8 Å². The molecule has 20 heavy (non-hydrogen) atoms. The van der Waals surface area contributed by atoms with Crippen LogP contribution >= 0.6 is 11.6 Å². The molecule has 0 fully saturated rings. The number of nitrogens with zero attached hydrogens (tertiary/aromatic N) is 2. The summed E-state index contributed by atoms with van der Waals surface area (Å²) in [6.45, 7) is 14.6. The predicted octanol–water partition coefficient (Wildman–Crippen LogP) is 3.82. The molecule has 0 unspecified atom stereocenters. The van der Waals surface area contributed by atoms with Crippen molar-refractivity contribution in [1.29, 1.82) is 0 Å². The lowest BCUT2D eigenvalue weighted by atomic mass is 9.95. The van der Waals surface area contributed by atoms with Crippen LogP contribution in [0.2, 0.25) is 5.15 Å². The smallest absolute Gasteiger partial charge is 0.137 e. The van der Waals surface area contributed by atoms with Crippen LogP contribution in [0.3, 0.4) is 0 Å². The highest BCUT2D eigenvalue weighted by Gasteiger charge is 2.20. The van der Waals surface area contributed by atoms with Crippen LogP contribution in [0, 0.1) is 12.8 Å². The summed E-state index contributed by atoms with van der Waals surface area (Å²) in [5.74, 6) is 2.10. The monoisotopic (exact) mass is 299 g/mol. The molecule has 0 amide bonds. The minimum atomic E-state index is -0.123. The van der Waals surface area contributed by atoms with Crippen molar-refractivity contribution in [2.45, 2.75) is 47.0 Å². The van der Waals surface area contributed by atoms with Crippen LogP contribution in [-0.4, -0.2) is 29.7 Å². The van der Waals surface area contributed by atoms with E-state index in [1.54, 1.807) is 0 Å². The molecule has 0 radical (unpaired) electrons. The van der Waals surface area contributed by atoms with Crippen molar-refractivity contribution in [3.8, 4) is 0 Å². The molecule has 1 N–H and O–H groups in total. The lowest BCUT2D eigenvalue weighted by Crippen LogP contribution is -2.19. The van der Waals surface area contributed by atoms with Gasteiger partial charge in [0.05, 0.1) is 6.61 Å². The van der Waals surface area contributed by atoms with Gasteiger partial charge in [-0.25, -0.2) is 9.97 Å². The van der Waals surface area contributed by atoms with Gasteiger partial charge in [0.15, 0.2) is 0 Å². The van der Waals surface area contributed by atoms with Gasteiger partial charge < -0.3 is 10.1 Å². The topological polar surface area (TPSA) is 47.0 Å². The van der Waals surface area contributed by atoms with Crippen molar-refractivity contribution in [1.82, 2.24) is 9.97 Å². The molecular formula is C15H26ClN3O. The van der Waals surface area contributed by atoms with Crippen LogP contribution in [0.5, 0.6) is 0 Å². The molecule has 1 aromatic heterocycles. The van der Waals surface area contributed by atoms with E-state index in [9.17, 15) is 0 Å². The van der Waals surface area contributed by atoms with E-state index < -0.39 is 0 Å². The van der Waals surface area contributed by atoms with Gasteiger partial charge in [-0.3, -0.25) is 0 Å². The van der Waals surface area contributed by atoms with Gasteiger partial charge in [0.25, 0.3) is 0 Å². The molecule has 0 aromatic carbocycles. The van der Waals surface area contributed by atoms with Gasteiger partial charge in [-0.1, -0.05) is 46.2 Å². The second kappa shape index (κ2) is 7.23. The highest BCUT2D eigenvalue weighted by Crippen LogP contribution is 2.25. The van der Waals surface area contributed by atoms with Gasteiger partial charge in [0.2, 0.25) is 0 Å². The summed E-state index contributed by atoms with van der Waals surface area (Å²) < 4.78 is 5.55. The Morgan fingerprint density at radius 2 is 1.90 bits per heavy atom. The molecule has 1 heterocycles. The van der Waals surface area contributed by atoms with Crippen LogP contribution in [0.25, 0.3) is 0 Å². The van der Waals surface area contributed by atoms with Crippen molar-refractivity contribution >= 4 is 17.4 Å². The first-order chi connectivity index (χ1) is 9.21. The van der Waals surface area contributed by atoms with Crippen LogP contribution < -0.4 is 5.32 Å². The first-order valence-electron chi connectivity index (χ1n) is 7.08. The Bertz CT molecular complexity index is 441. The average molecular weight is 300 g/mol. The molecular weight excluding hydrogens is 274 g/mol. The summed E-state index contributed by atoms with van der Waals surface area (Å²) in [5, 5.41) is 3.79. The number of rotatable bonds is 6. The number of hydrogen-bond donors (Lipinski definition) is 1. The van der Waals surface area contributed by atoms with E-state index in [1.165, 1.54) is 0 Å². The number of nitrogens with one attached hydrogen (secondary N) is 1. The summed E-state index contributed by atoms with van der Waals surface area (Å²) >= 11 is 6.18. The molecule has 0 aliphatic carbocycles. The number of halogens is 1. The van der Waals surface area contributed by atoms with Crippen LogP contribution in [0.1, 0.15) is 46.0 Å². The summed E-state index contributed by atoms with van der Waals surface area (Å²) in [7, 11) is 0. The lowest BCUT2D eigenvalue weighted by molar-refractivity contribution is 0.118. The largest absolute Gasteiger partial charge is 0.379 e. The third-order valence-electron chi connectivity index (χ3n) is 2.75. The van der Waals surface area contributed by atoms with Crippen LogP contribution in [0.4, 0.5) is 5.82 Å². The van der Waals surface area contributed by atoms with E-state index in [0.717, 1.165) is 23.8 Å². The zero-order chi connectivity index (χ0) is 15.3. The maximum Gasteiger partial charge on any atom is 0.137 e. The van der Waals surface area contributed by atoms with E-state index >= 15 is 0 Å². The van der Waals surface area contributed by atoms with Gasteiger partial charge in [-0.15, -0.1) is 0 Å². The minimum Gasteiger partial charge on any atom is -0.379 e. The molecule has 0 saturated heterocycles. The number of hydrogen-bond acceptors (Lipinski definition) is 4. The first kappa shape index (κ1) is 17.2. The Hall–Kier alpha value is -0.870. The summed E-state index contributed by atoms with van der Waals surface area (Å²) in [5.41, 5.74) is 0.755. The Morgan fingerprint density at radius 1 is 1.25 bits per heavy atom. The highest BCUT2D eigenvalue weighted by molar-refractivity contribution is 6.30. The first-order valence-corrected chi connectivity index (χ1v) is 7.46. The molecule has 1 rings (SSSR count). The van der Waals surface area contributed by atoms with Gasteiger partial charge in [0, 0.05) is 24.1 Å². The normalized spacial score (nSPS) is 12.0. The predicted molar refractivity (Wildman–Crippen MR) is 84.6 cm³/mol. The highest BCUT2D eigenvalue weighted by atomic mass is 35.5. The lowest BCUT2D eigenvalue weighted by Gasteiger charge is -2.19. The Labute approximate surface area is 127 Å². The van der Waals surface area contributed by atoms with Crippen molar-refractivity contribution < 1.29 is 4.74 Å². The fourth-order valence-corrected chi connectivity index (χ4v) is 1.73. The van der Waals surface area contributed by atoms with Crippen molar-refractivity contribution in [2.75, 3.05) is 25.1 Å². The Kier molecular flexibility index (Phi) is 6.21. The molecule has 0 atom stereocenters. The van der Waals surface area contributed by atoms with E-state index in [4.69, 9.17) is 16.3 Å². The van der Waals surface area contributed by atoms with Crippen molar-refractivity contribution in [2.24, 2.45) is 5.92 Å². The summed E-state index contributed by atoms with van der Waals surface area (Å²) in [6.07, 6.45) is 0. The quantitative estimate of drug-likeness (QED) is 0.641. The fraction of sp³-hybridized carbons (Fsp3) is 0.733. The van der Waals surface area contributed by atoms with Crippen molar-refractivity contribution in [3.63, 3.8) is 0 Å². The molecule has 1 aromatic rings. The fourth-order valence-electron chi connectivity index (χ4n) is 1.56. The zero-order valence-electron chi connectivity index (χ0n) is 13.4. The molecule has 4 nitrogen and oxygen atoms in total. The average Bonchev–Trinajstić information content (AvgIpc) is 2.31. The van der Waals surface area contributed by atoms with Crippen LogP contribution in [-0.2, 0) is 10.2 Å². The third kappa shape index (κ3) is 5.25. The second-order valence-electron chi connectivity index (χ2n) is 6.46. The third-order valence-corrected chi connectivity index (χ3v) is 3.12. The van der Waals surface area contributed by atoms with Crippen molar-refractivity contribution in [3.05, 3.63) is 16.5 Å². The standard InChI is InChI=1S/C15H26ClN3O/c1-10(2)9-20-8-7-17-13-11(3)12(16)18-14(19-13)15(4,5)6/h10H,7-9H2,1-6H3,(H,17,18,19). The molecule has 0 aliphatic heterocycles. The number of aromatic nitrogens is 2. The SMILES string of the molecule is Cc1c(Cl)nc(C(C)(C)C)nc1NCCOCC(C)C.